The van der Waals surface area contributed by atoms with Crippen LogP contribution in [-0.2, 0) is 9.53 Å². The van der Waals surface area contributed by atoms with E-state index in [1.165, 1.54) is 51.4 Å². The summed E-state index contributed by atoms with van der Waals surface area (Å²) in [4.78, 5) is 20.9. The summed E-state index contributed by atoms with van der Waals surface area (Å²) >= 11 is 0. The van der Waals surface area contributed by atoms with Gasteiger partial charge in [0.05, 0.1) is 6.61 Å². The van der Waals surface area contributed by atoms with Gasteiger partial charge >= 0.3 is 0 Å². The van der Waals surface area contributed by atoms with E-state index in [1.807, 2.05) is 0 Å². The molecule has 1 amide bonds. The normalized spacial score (nSPS) is 26.1. The van der Waals surface area contributed by atoms with Crippen LogP contribution in [0.1, 0.15) is 57.8 Å². The van der Waals surface area contributed by atoms with E-state index in [0.717, 1.165) is 45.2 Å². The molecule has 1 atom stereocenters. The Morgan fingerprint density at radius 1 is 1.19 bits per heavy atom. The number of aliphatic imine (C=N–C) groups is 1. The zero-order chi connectivity index (χ0) is 19.1. The predicted molar refractivity (Wildman–Crippen MR) is 109 cm³/mol. The molecule has 3 fully saturated rings. The largest absolute Gasteiger partial charge is 0.381 e. The highest BCUT2D eigenvalue weighted by Crippen LogP contribution is 2.42. The Labute approximate surface area is 164 Å². The Bertz CT molecular complexity index is 506. The molecule has 3 rings (SSSR count). The number of carbonyl (C=O) groups excluding carboxylic acids is 1. The summed E-state index contributed by atoms with van der Waals surface area (Å²) < 4.78 is 5.51. The minimum atomic E-state index is 0.0553. The molecule has 27 heavy (non-hydrogen) atoms. The van der Waals surface area contributed by atoms with Crippen molar-refractivity contribution in [2.24, 2.45) is 16.3 Å². The second kappa shape index (κ2) is 9.76. The van der Waals surface area contributed by atoms with Crippen LogP contribution in [0.15, 0.2) is 4.99 Å². The average Bonchev–Trinajstić information content (AvgIpc) is 3.09. The van der Waals surface area contributed by atoms with Crippen molar-refractivity contribution in [1.82, 2.24) is 15.1 Å². The van der Waals surface area contributed by atoms with Gasteiger partial charge in [-0.25, -0.2) is 4.99 Å². The van der Waals surface area contributed by atoms with Crippen LogP contribution in [0.5, 0.6) is 0 Å². The lowest BCUT2D eigenvalue weighted by Crippen LogP contribution is -2.51. The first-order valence-corrected chi connectivity index (χ1v) is 10.9. The minimum absolute atomic E-state index is 0.0553. The van der Waals surface area contributed by atoms with E-state index in [1.54, 1.807) is 19.0 Å². The van der Waals surface area contributed by atoms with E-state index in [2.05, 4.69) is 10.2 Å². The molecule has 1 unspecified atom stereocenters. The summed E-state index contributed by atoms with van der Waals surface area (Å²) in [6, 6.07) is 0. The van der Waals surface area contributed by atoms with Gasteiger partial charge in [0.15, 0.2) is 5.96 Å². The van der Waals surface area contributed by atoms with Crippen LogP contribution < -0.4 is 5.32 Å². The predicted octanol–water partition coefficient (Wildman–Crippen LogP) is 2.49. The van der Waals surface area contributed by atoms with Crippen LogP contribution in [0.25, 0.3) is 0 Å². The van der Waals surface area contributed by atoms with Gasteiger partial charge in [-0.15, -0.1) is 0 Å². The first kappa shape index (κ1) is 20.4. The van der Waals surface area contributed by atoms with E-state index in [0.29, 0.717) is 11.3 Å². The highest BCUT2D eigenvalue weighted by atomic mass is 16.5. The van der Waals surface area contributed by atoms with Gasteiger partial charge in [-0.05, 0) is 37.5 Å². The number of likely N-dealkylation sites (N-methyl/N-ethyl adjacent to an activating group) is 1. The average molecular weight is 379 g/mol. The first-order chi connectivity index (χ1) is 13.1. The summed E-state index contributed by atoms with van der Waals surface area (Å²) in [5.74, 6) is 1.54. The van der Waals surface area contributed by atoms with Crippen LogP contribution in [0, 0.1) is 11.3 Å². The number of nitrogens with one attached hydrogen (secondary N) is 1. The monoisotopic (exact) mass is 378 g/mol. The molecular formula is C21H38N4O2. The lowest BCUT2D eigenvalue weighted by molar-refractivity contribution is -0.127. The van der Waals surface area contributed by atoms with Crippen molar-refractivity contribution < 1.29 is 9.53 Å². The zero-order valence-electron chi connectivity index (χ0n) is 17.3. The number of guanidine groups is 1. The smallest absolute Gasteiger partial charge is 0.243 e. The second-order valence-electron chi connectivity index (χ2n) is 8.98. The number of rotatable bonds is 4. The van der Waals surface area contributed by atoms with Crippen molar-refractivity contribution in [2.75, 3.05) is 53.5 Å². The summed E-state index contributed by atoms with van der Waals surface area (Å²) in [7, 11) is 3.59. The maximum atomic E-state index is 12.1. The zero-order valence-corrected chi connectivity index (χ0v) is 17.3. The maximum absolute atomic E-state index is 12.1. The number of carbonyl (C=O) groups is 1. The van der Waals surface area contributed by atoms with Gasteiger partial charge in [0, 0.05) is 46.3 Å². The third-order valence-corrected chi connectivity index (χ3v) is 6.56. The number of hydrogen-bond acceptors (Lipinski definition) is 3. The molecule has 3 aliphatic rings. The van der Waals surface area contributed by atoms with E-state index in [4.69, 9.17) is 9.73 Å². The van der Waals surface area contributed by atoms with Crippen molar-refractivity contribution in [3.8, 4) is 0 Å². The maximum Gasteiger partial charge on any atom is 0.243 e. The molecule has 0 bridgehead atoms. The molecule has 6 heteroatoms. The topological polar surface area (TPSA) is 57.2 Å². The van der Waals surface area contributed by atoms with Crippen LogP contribution in [0.3, 0.4) is 0 Å². The molecule has 0 aromatic carbocycles. The van der Waals surface area contributed by atoms with Crippen LogP contribution in [-0.4, -0.2) is 75.2 Å². The van der Waals surface area contributed by atoms with Crippen LogP contribution in [0.2, 0.25) is 0 Å². The molecule has 1 aliphatic carbocycles. The molecule has 2 saturated heterocycles. The Balaban J connectivity index is 1.67. The summed E-state index contributed by atoms with van der Waals surface area (Å²) in [5, 5.41) is 3.59. The number of ether oxygens (including phenoxy) is 1. The quantitative estimate of drug-likeness (QED) is 0.603. The summed E-state index contributed by atoms with van der Waals surface area (Å²) in [6.07, 6.45) is 11.9. The molecule has 0 aromatic rings. The van der Waals surface area contributed by atoms with Gasteiger partial charge in [-0.3, -0.25) is 4.79 Å². The van der Waals surface area contributed by atoms with Crippen molar-refractivity contribution in [3.63, 3.8) is 0 Å². The lowest BCUT2D eigenvalue weighted by atomic mass is 9.74. The molecule has 0 aromatic heterocycles. The number of nitrogens with zero attached hydrogens (tertiary/aromatic N) is 3. The third kappa shape index (κ3) is 5.84. The molecule has 6 nitrogen and oxygen atoms in total. The standard InChI is InChI=1S/C21H38N4O2/c1-24(2)19(26)15-23-20(22-14-18-8-13-27-16-18)25-12-7-11-21(17-25)9-5-3-4-6-10-21/h18H,3-17H2,1-2H3,(H,22,23). The number of hydrogen-bond donors (Lipinski definition) is 1. The molecule has 0 radical (unpaired) electrons. The summed E-state index contributed by atoms with van der Waals surface area (Å²) in [6.45, 7) is 4.95. The Kier molecular flexibility index (Phi) is 7.39. The van der Waals surface area contributed by atoms with Crippen molar-refractivity contribution in [2.45, 2.75) is 57.8 Å². The Morgan fingerprint density at radius 2 is 1.93 bits per heavy atom. The molecule has 1 N–H and O–H groups in total. The molecule has 1 saturated carbocycles. The molecular weight excluding hydrogens is 340 g/mol. The Morgan fingerprint density at radius 3 is 2.59 bits per heavy atom. The SMILES string of the molecule is CN(C)C(=O)CN=C(NCC1CCOC1)N1CCCC2(CCCCCC2)C1. The van der Waals surface area contributed by atoms with Crippen molar-refractivity contribution in [1.29, 1.82) is 0 Å². The van der Waals surface area contributed by atoms with E-state index >= 15 is 0 Å². The molecule has 154 valence electrons. The lowest BCUT2D eigenvalue weighted by Gasteiger charge is -2.44. The number of amides is 1. The molecule has 1 spiro atoms. The van der Waals surface area contributed by atoms with E-state index in [-0.39, 0.29) is 12.5 Å². The fraction of sp³-hybridized carbons (Fsp3) is 0.905. The van der Waals surface area contributed by atoms with Crippen LogP contribution >= 0.6 is 0 Å². The van der Waals surface area contributed by atoms with E-state index in [9.17, 15) is 4.79 Å². The number of piperidine rings is 1. The highest BCUT2D eigenvalue weighted by Gasteiger charge is 2.36. The van der Waals surface area contributed by atoms with Crippen molar-refractivity contribution in [3.05, 3.63) is 0 Å². The third-order valence-electron chi connectivity index (χ3n) is 6.56. The van der Waals surface area contributed by atoms with E-state index < -0.39 is 0 Å². The first-order valence-electron chi connectivity index (χ1n) is 10.9. The van der Waals surface area contributed by atoms with Gasteiger partial charge in [0.1, 0.15) is 6.54 Å². The van der Waals surface area contributed by atoms with Gasteiger partial charge in [0.2, 0.25) is 5.91 Å². The van der Waals surface area contributed by atoms with Gasteiger partial charge in [-0.1, -0.05) is 25.7 Å². The number of likely N-dealkylation sites (tertiary alicyclic amines) is 1. The fourth-order valence-corrected chi connectivity index (χ4v) is 4.81. The second-order valence-corrected chi connectivity index (χ2v) is 8.98. The fourth-order valence-electron chi connectivity index (χ4n) is 4.81. The highest BCUT2D eigenvalue weighted by molar-refractivity contribution is 5.85. The molecule has 2 heterocycles. The van der Waals surface area contributed by atoms with Crippen molar-refractivity contribution >= 4 is 11.9 Å². The summed E-state index contributed by atoms with van der Waals surface area (Å²) in [5.41, 5.74) is 0.458. The molecule has 2 aliphatic heterocycles. The van der Waals surface area contributed by atoms with Crippen LogP contribution in [0.4, 0.5) is 0 Å². The minimum Gasteiger partial charge on any atom is -0.381 e. The van der Waals surface area contributed by atoms with Gasteiger partial charge < -0.3 is 19.9 Å². The Hall–Kier alpha value is -1.30. The van der Waals surface area contributed by atoms with Gasteiger partial charge in [-0.2, -0.15) is 0 Å². The van der Waals surface area contributed by atoms with Gasteiger partial charge in [0.25, 0.3) is 0 Å².